The number of aromatic nitrogens is 3. The molecule has 0 aliphatic heterocycles. The van der Waals surface area contributed by atoms with Crippen LogP contribution in [-0.4, -0.2) is 14.5 Å². The Hall–Kier alpha value is -5.80. The standard InChI is InChI=1S/C40H25N3/c1-2-11-26(12-3-1)29-15-10-16-30(25-29)39-40(42-34-20-9-8-19-33(34)41-39)43-35-23-21-27-13-4-6-17-31(27)37(35)38-32-18-7-5-14-28(32)22-24-36(38)43/h1-25H. The number of hydrogen-bond acceptors (Lipinski definition) is 2. The Kier molecular flexibility index (Phi) is 5.20. The van der Waals surface area contributed by atoms with Gasteiger partial charge in [-0.25, -0.2) is 9.97 Å². The zero-order chi connectivity index (χ0) is 28.3. The molecular weight excluding hydrogens is 522 g/mol. The molecule has 0 spiro atoms. The minimum atomic E-state index is 0.828. The number of nitrogens with zero attached hydrogens (tertiary/aromatic N) is 3. The first-order valence-corrected chi connectivity index (χ1v) is 14.6. The Morgan fingerprint density at radius 1 is 0.395 bits per heavy atom. The van der Waals surface area contributed by atoms with Gasteiger partial charge in [0.2, 0.25) is 0 Å². The van der Waals surface area contributed by atoms with Crippen molar-refractivity contribution in [3.05, 3.63) is 152 Å². The van der Waals surface area contributed by atoms with Crippen molar-refractivity contribution in [1.29, 1.82) is 0 Å². The van der Waals surface area contributed by atoms with Crippen LogP contribution in [0.1, 0.15) is 0 Å². The summed E-state index contributed by atoms with van der Waals surface area (Å²) >= 11 is 0. The molecule has 9 aromatic rings. The van der Waals surface area contributed by atoms with Gasteiger partial charge < -0.3 is 0 Å². The van der Waals surface area contributed by atoms with E-state index in [9.17, 15) is 0 Å². The normalized spacial score (nSPS) is 11.7. The van der Waals surface area contributed by atoms with E-state index in [0.29, 0.717) is 0 Å². The van der Waals surface area contributed by atoms with Crippen LogP contribution in [0.5, 0.6) is 0 Å². The summed E-state index contributed by atoms with van der Waals surface area (Å²) in [6.45, 7) is 0. The fourth-order valence-electron chi connectivity index (χ4n) is 6.59. The lowest BCUT2D eigenvalue weighted by Crippen LogP contribution is -2.03. The quantitative estimate of drug-likeness (QED) is 0.220. The van der Waals surface area contributed by atoms with E-state index < -0.39 is 0 Å². The van der Waals surface area contributed by atoms with E-state index >= 15 is 0 Å². The molecule has 2 heterocycles. The van der Waals surface area contributed by atoms with E-state index in [1.165, 1.54) is 37.9 Å². The highest BCUT2D eigenvalue weighted by atomic mass is 15.1. The molecule has 9 rings (SSSR count). The number of benzene rings is 7. The van der Waals surface area contributed by atoms with E-state index in [-0.39, 0.29) is 0 Å². The molecule has 0 saturated heterocycles. The van der Waals surface area contributed by atoms with Crippen LogP contribution in [0.4, 0.5) is 0 Å². The predicted octanol–water partition coefficient (Wildman–Crippen LogP) is 10.4. The van der Waals surface area contributed by atoms with Gasteiger partial charge in [0.05, 0.1) is 22.1 Å². The van der Waals surface area contributed by atoms with E-state index in [4.69, 9.17) is 9.97 Å². The highest BCUT2D eigenvalue weighted by Gasteiger charge is 2.22. The lowest BCUT2D eigenvalue weighted by Gasteiger charge is -2.15. The molecule has 0 unspecified atom stereocenters. The summed E-state index contributed by atoms with van der Waals surface area (Å²) in [4.78, 5) is 10.6. The van der Waals surface area contributed by atoms with E-state index in [1.807, 2.05) is 18.2 Å². The Morgan fingerprint density at radius 2 is 0.930 bits per heavy atom. The predicted molar refractivity (Wildman–Crippen MR) is 180 cm³/mol. The van der Waals surface area contributed by atoms with E-state index in [2.05, 4.69) is 138 Å². The van der Waals surface area contributed by atoms with Crippen molar-refractivity contribution in [3.8, 4) is 28.2 Å². The van der Waals surface area contributed by atoms with Crippen molar-refractivity contribution < 1.29 is 0 Å². The molecule has 0 aliphatic carbocycles. The number of para-hydroxylation sites is 2. The molecule has 3 nitrogen and oxygen atoms in total. The maximum absolute atomic E-state index is 5.36. The summed E-state index contributed by atoms with van der Waals surface area (Å²) in [6.07, 6.45) is 0. The van der Waals surface area contributed by atoms with Gasteiger partial charge in [-0.05, 0) is 63.0 Å². The third-order valence-corrected chi connectivity index (χ3v) is 8.55. The topological polar surface area (TPSA) is 30.7 Å². The SMILES string of the molecule is c1ccc(-c2cccc(-c3nc4ccccc4nc3-n3c4ccc5ccccc5c4c4c5ccccc5ccc43)c2)cc1. The van der Waals surface area contributed by atoms with Crippen LogP contribution in [0.15, 0.2) is 152 Å². The van der Waals surface area contributed by atoms with Gasteiger partial charge in [0.1, 0.15) is 5.69 Å². The van der Waals surface area contributed by atoms with Crippen molar-refractivity contribution in [2.75, 3.05) is 0 Å². The Labute approximate surface area is 248 Å². The van der Waals surface area contributed by atoms with Gasteiger partial charge in [0.15, 0.2) is 5.82 Å². The number of rotatable bonds is 3. The lowest BCUT2D eigenvalue weighted by atomic mass is 10.00. The van der Waals surface area contributed by atoms with Gasteiger partial charge in [-0.1, -0.05) is 121 Å². The molecule has 0 amide bonds. The minimum absolute atomic E-state index is 0.828. The number of hydrogen-bond donors (Lipinski definition) is 0. The molecule has 43 heavy (non-hydrogen) atoms. The molecule has 3 heteroatoms. The van der Waals surface area contributed by atoms with Crippen LogP contribution < -0.4 is 0 Å². The van der Waals surface area contributed by atoms with E-state index in [1.54, 1.807) is 0 Å². The summed E-state index contributed by atoms with van der Waals surface area (Å²) in [5.74, 6) is 0.828. The van der Waals surface area contributed by atoms with Gasteiger partial charge in [-0.15, -0.1) is 0 Å². The minimum Gasteiger partial charge on any atom is -0.292 e. The summed E-state index contributed by atoms with van der Waals surface area (Å²) < 4.78 is 2.33. The summed E-state index contributed by atoms with van der Waals surface area (Å²) in [5, 5.41) is 7.40. The Morgan fingerprint density at radius 3 is 1.60 bits per heavy atom. The smallest absolute Gasteiger partial charge is 0.165 e. The second kappa shape index (κ2) is 9.37. The fraction of sp³-hybridized carbons (Fsp3) is 0. The Balaban J connectivity index is 1.44. The van der Waals surface area contributed by atoms with Crippen LogP contribution in [0.25, 0.3) is 82.6 Å². The second-order valence-corrected chi connectivity index (χ2v) is 11.0. The molecule has 0 aliphatic rings. The first kappa shape index (κ1) is 23.9. The molecule has 0 N–H and O–H groups in total. The van der Waals surface area contributed by atoms with Gasteiger partial charge in [-0.2, -0.15) is 0 Å². The molecule has 0 atom stereocenters. The average Bonchev–Trinajstić information content (AvgIpc) is 3.43. The molecule has 200 valence electrons. The zero-order valence-electron chi connectivity index (χ0n) is 23.3. The second-order valence-electron chi connectivity index (χ2n) is 11.0. The van der Waals surface area contributed by atoms with Crippen molar-refractivity contribution >= 4 is 54.4 Å². The molecule has 0 saturated carbocycles. The highest BCUT2D eigenvalue weighted by Crippen LogP contribution is 2.42. The highest BCUT2D eigenvalue weighted by molar-refractivity contribution is 6.28. The van der Waals surface area contributed by atoms with Gasteiger partial charge >= 0.3 is 0 Å². The van der Waals surface area contributed by atoms with Crippen molar-refractivity contribution in [2.45, 2.75) is 0 Å². The third-order valence-electron chi connectivity index (χ3n) is 8.55. The average molecular weight is 548 g/mol. The maximum Gasteiger partial charge on any atom is 0.165 e. The van der Waals surface area contributed by atoms with Crippen molar-refractivity contribution in [3.63, 3.8) is 0 Å². The monoisotopic (exact) mass is 547 g/mol. The van der Waals surface area contributed by atoms with Gasteiger partial charge in [-0.3, -0.25) is 4.57 Å². The maximum atomic E-state index is 5.36. The molecule has 7 aromatic carbocycles. The van der Waals surface area contributed by atoms with Gasteiger partial charge in [0, 0.05) is 16.3 Å². The molecule has 0 radical (unpaired) electrons. The largest absolute Gasteiger partial charge is 0.292 e. The summed E-state index contributed by atoms with van der Waals surface area (Å²) in [5.41, 5.74) is 8.21. The zero-order valence-corrected chi connectivity index (χ0v) is 23.3. The van der Waals surface area contributed by atoms with Crippen LogP contribution in [0, 0.1) is 0 Å². The first-order valence-electron chi connectivity index (χ1n) is 14.6. The van der Waals surface area contributed by atoms with Crippen molar-refractivity contribution in [2.24, 2.45) is 0 Å². The molecular formula is C40H25N3. The fourth-order valence-corrected chi connectivity index (χ4v) is 6.59. The van der Waals surface area contributed by atoms with Crippen molar-refractivity contribution in [1.82, 2.24) is 14.5 Å². The lowest BCUT2D eigenvalue weighted by molar-refractivity contribution is 1.08. The van der Waals surface area contributed by atoms with Crippen LogP contribution in [-0.2, 0) is 0 Å². The molecule has 0 fully saturated rings. The van der Waals surface area contributed by atoms with Gasteiger partial charge in [0.25, 0.3) is 0 Å². The first-order chi connectivity index (χ1) is 21.3. The van der Waals surface area contributed by atoms with Crippen LogP contribution in [0.2, 0.25) is 0 Å². The molecule has 2 aromatic heterocycles. The van der Waals surface area contributed by atoms with Crippen LogP contribution in [0.3, 0.4) is 0 Å². The van der Waals surface area contributed by atoms with E-state index in [0.717, 1.165) is 44.7 Å². The molecule has 0 bridgehead atoms. The number of fused-ring (bicyclic) bond motifs is 8. The Bertz CT molecular complexity index is 2410. The summed E-state index contributed by atoms with van der Waals surface area (Å²) in [6, 6.07) is 53.6. The third kappa shape index (κ3) is 3.68. The summed E-state index contributed by atoms with van der Waals surface area (Å²) in [7, 11) is 0. The van der Waals surface area contributed by atoms with Crippen LogP contribution >= 0.6 is 0 Å².